The highest BCUT2D eigenvalue weighted by Crippen LogP contribution is 2.52. The molecule has 4 aliphatic rings. The lowest BCUT2D eigenvalue weighted by atomic mass is 9.72. The van der Waals surface area contributed by atoms with Crippen molar-refractivity contribution in [1.29, 1.82) is 0 Å². The number of nitrogens with one attached hydrogen (secondary N) is 2. The molecule has 1 unspecified atom stereocenters. The Labute approximate surface area is 370 Å². The van der Waals surface area contributed by atoms with E-state index in [1.807, 2.05) is 0 Å². The van der Waals surface area contributed by atoms with E-state index in [1.54, 1.807) is 12.2 Å². The van der Waals surface area contributed by atoms with Gasteiger partial charge in [0.15, 0.2) is 17.9 Å². The maximum Gasteiger partial charge on any atom is 0.408 e. The van der Waals surface area contributed by atoms with Gasteiger partial charge in [0.2, 0.25) is 5.78 Å². The molecule has 20 heteroatoms. The number of carbonyl (C=O) groups is 6. The zero-order valence-electron chi connectivity index (χ0n) is 36.4. The number of carbonyl (C=O) groups excluding carboxylic acids is 6. The molecule has 0 aromatic heterocycles. The Kier molecular flexibility index (Phi) is 14.7. The van der Waals surface area contributed by atoms with E-state index in [1.165, 1.54) is 39.3 Å². The number of ether oxygens (including phenoxy) is 6. The maximum absolute atomic E-state index is 14.0. The number of aliphatic hydroxyl groups is 3. The van der Waals surface area contributed by atoms with Crippen molar-refractivity contribution >= 4 is 45.5 Å². The van der Waals surface area contributed by atoms with Crippen LogP contribution in [0, 0.1) is 5.92 Å². The smallest absolute Gasteiger partial charge is 0.408 e. The molecule has 1 aliphatic heterocycles. The van der Waals surface area contributed by atoms with Crippen molar-refractivity contribution in [3.63, 3.8) is 0 Å². The molecule has 2 aromatic rings. The van der Waals surface area contributed by atoms with Gasteiger partial charge in [-0.25, -0.2) is 19.6 Å². The number of rotatable bonds is 12. The minimum absolute atomic E-state index is 0.0395. The van der Waals surface area contributed by atoms with Crippen LogP contribution in [0.1, 0.15) is 88.1 Å². The molecule has 0 spiro atoms. The van der Waals surface area contributed by atoms with E-state index in [2.05, 4.69) is 29.4 Å². The van der Waals surface area contributed by atoms with Crippen molar-refractivity contribution < 1.29 is 82.7 Å². The first-order valence-corrected chi connectivity index (χ1v) is 23.8. The van der Waals surface area contributed by atoms with E-state index in [0.29, 0.717) is 5.75 Å². The molecule has 64 heavy (non-hydrogen) atoms. The lowest BCUT2D eigenvalue weighted by molar-refractivity contribution is -0.249. The Morgan fingerprint density at radius 3 is 2.33 bits per heavy atom. The fourth-order valence-corrected chi connectivity index (χ4v) is 9.22. The van der Waals surface area contributed by atoms with Gasteiger partial charge in [-0.2, -0.15) is 0 Å². The molecule has 2 aromatic carbocycles. The molecule has 3 aliphatic carbocycles. The molecule has 0 bridgehead atoms. The first kappa shape index (κ1) is 48.2. The summed E-state index contributed by atoms with van der Waals surface area (Å²) >= 11 is 0. The van der Waals surface area contributed by atoms with Gasteiger partial charge in [0.1, 0.15) is 48.3 Å². The van der Waals surface area contributed by atoms with Crippen molar-refractivity contribution in [2.24, 2.45) is 5.92 Å². The number of aliphatic hydroxyl groups excluding tert-OH is 2. The molecular formula is C44H56N2O17S. The number of alkyl carbamates (subject to hydrolysis) is 2. The second-order valence-corrected chi connectivity index (χ2v) is 21.8. The third-order valence-corrected chi connectivity index (χ3v) is 13.4. The first-order chi connectivity index (χ1) is 30.2. The topological polar surface area (TPSA) is 283 Å². The predicted octanol–water partition coefficient (Wildman–Crippen LogP) is 2.46. The van der Waals surface area contributed by atoms with Crippen molar-refractivity contribution in [1.82, 2.24) is 10.6 Å². The monoisotopic (exact) mass is 916 g/mol. The first-order valence-electron chi connectivity index (χ1n) is 20.7. The van der Waals surface area contributed by atoms with Gasteiger partial charge in [0, 0.05) is 47.7 Å². The number of amides is 2. The van der Waals surface area contributed by atoms with Gasteiger partial charge >= 0.3 is 18.2 Å². The molecule has 0 radical (unpaired) electrons. The normalized spacial score (nSPS) is 28.5. The summed E-state index contributed by atoms with van der Waals surface area (Å²) in [4.78, 5) is 79.7. The number of esters is 1. The van der Waals surface area contributed by atoms with Crippen LogP contribution in [0.25, 0.3) is 0 Å². The summed E-state index contributed by atoms with van der Waals surface area (Å²) in [5, 5.41) is 61.4. The molecule has 0 saturated carbocycles. The molecule has 1 saturated heterocycles. The number of methoxy groups -OCH3 is 2. The maximum atomic E-state index is 14.0. The largest absolute Gasteiger partial charge is 0.507 e. The lowest BCUT2D eigenvalue weighted by Crippen LogP contribution is -2.56. The molecule has 1 heterocycles. The van der Waals surface area contributed by atoms with Crippen LogP contribution in [0.2, 0.25) is 0 Å². The van der Waals surface area contributed by atoms with Gasteiger partial charge < -0.3 is 64.6 Å². The Balaban J connectivity index is 1.19. The van der Waals surface area contributed by atoms with Crippen molar-refractivity contribution in [3.05, 3.63) is 63.7 Å². The summed E-state index contributed by atoms with van der Waals surface area (Å²) in [5.41, 5.74) is -4.27. The Morgan fingerprint density at radius 1 is 0.953 bits per heavy atom. The van der Waals surface area contributed by atoms with Gasteiger partial charge in [-0.1, -0.05) is 18.2 Å². The zero-order valence-corrected chi connectivity index (χ0v) is 37.2. The number of phenolic OH excluding ortho intramolecular Hbond substituents is 2. The van der Waals surface area contributed by atoms with Crippen molar-refractivity contribution in [2.45, 2.75) is 93.8 Å². The molecule has 350 valence electrons. The number of phenols is 2. The van der Waals surface area contributed by atoms with E-state index in [0.717, 1.165) is 0 Å². The Hall–Kier alpha value is -5.25. The summed E-state index contributed by atoms with van der Waals surface area (Å²) in [6, 6.07) is 2.53. The van der Waals surface area contributed by atoms with E-state index in [4.69, 9.17) is 28.4 Å². The third kappa shape index (κ3) is 10.0. The van der Waals surface area contributed by atoms with E-state index < -0.39 is 142 Å². The van der Waals surface area contributed by atoms with E-state index in [-0.39, 0.29) is 60.3 Å². The van der Waals surface area contributed by atoms with Gasteiger partial charge in [-0.15, -0.1) is 0 Å². The second kappa shape index (κ2) is 19.5. The number of aromatic hydroxyl groups is 2. The molecule has 7 N–H and O–H groups in total. The van der Waals surface area contributed by atoms with E-state index >= 15 is 0 Å². The highest BCUT2D eigenvalue weighted by molar-refractivity contribution is 8.32. The lowest BCUT2D eigenvalue weighted by Gasteiger charge is -2.42. The van der Waals surface area contributed by atoms with Crippen LogP contribution in [-0.4, -0.2) is 155 Å². The average Bonchev–Trinajstić information content (AvgIpc) is 3.23. The van der Waals surface area contributed by atoms with Gasteiger partial charge in [0.05, 0.1) is 55.1 Å². The van der Waals surface area contributed by atoms with Crippen LogP contribution in [0.4, 0.5) is 9.59 Å². The summed E-state index contributed by atoms with van der Waals surface area (Å²) in [6.07, 6.45) is 0.937. The number of ketones is 3. The summed E-state index contributed by atoms with van der Waals surface area (Å²) in [6.45, 7) is 0.610. The number of hydrogen-bond acceptors (Lipinski definition) is 17. The second-order valence-electron chi connectivity index (χ2n) is 17.2. The van der Waals surface area contributed by atoms with Gasteiger partial charge in [-0.05, 0) is 57.1 Å². The van der Waals surface area contributed by atoms with Crippen molar-refractivity contribution in [2.75, 3.05) is 52.0 Å². The Morgan fingerprint density at radius 2 is 1.66 bits per heavy atom. The standard InChI is InChI=1S/C44H56N2O17S/c1-21-36(49)27(46-43(56)62-22-9-7-11-26(23(14-13-22)41(54)59-3)45-42(55)60-15-16-64(4,5)6)17-31(61-21)63-29-19-44(57,30(48)20-47)18-25-33(29)40(53)35-34(38(25)51)37(50)24-10-8-12-28(58-2)32(24)39(35)52/h7-10,12,21-23,26-27,29,31,36,47,49,51,53,57H,11,13-20H2,1-6H3,(H,45,55)(H,46,56)/b9-7+/t21-,22-,23-,26-,27-,29?,31+,36+,44-/m0/s1. The number of Topliss-reactive ketones (excluding diaryl/α,β-unsaturated/α-hetero) is 1. The van der Waals surface area contributed by atoms with Crippen LogP contribution >= 0.6 is 10.0 Å². The third-order valence-electron chi connectivity index (χ3n) is 12.0. The minimum Gasteiger partial charge on any atom is -0.507 e. The van der Waals surface area contributed by atoms with Crippen LogP contribution < -0.4 is 15.4 Å². The van der Waals surface area contributed by atoms with Crippen LogP contribution in [0.5, 0.6) is 17.2 Å². The van der Waals surface area contributed by atoms with Crippen LogP contribution in [-0.2, 0) is 39.7 Å². The molecule has 6 rings (SSSR count). The molecule has 19 nitrogen and oxygen atoms in total. The zero-order chi connectivity index (χ0) is 46.8. The van der Waals surface area contributed by atoms with Gasteiger partial charge in [-0.3, -0.25) is 19.2 Å². The van der Waals surface area contributed by atoms with Crippen LogP contribution in [0.15, 0.2) is 30.4 Å². The average molecular weight is 917 g/mol. The molecular weight excluding hydrogens is 861 g/mol. The SMILES string of the molecule is COC(=O)[C@H]1CC[C@@H](OC(=O)N[C@H]2C[C@@H](OC3C[C@](O)(C(=O)CO)Cc4c(O)c5c(c(O)c43)C(=O)c3c(OC)cccc3C5=O)O[C@@H](C)[C@H]2O)/C=C/C[C@@H]1NC(=O)OCCS(C)(C)C. The quantitative estimate of drug-likeness (QED) is 0.0595. The number of hydrogen-bond donors (Lipinski definition) is 7. The predicted molar refractivity (Wildman–Crippen MR) is 228 cm³/mol. The fourth-order valence-electron chi connectivity index (χ4n) is 8.63. The molecule has 1 fully saturated rings. The van der Waals surface area contributed by atoms with E-state index in [9.17, 15) is 54.3 Å². The number of benzene rings is 2. The minimum atomic E-state index is -2.39. The van der Waals surface area contributed by atoms with Crippen LogP contribution in [0.3, 0.4) is 0 Å². The highest BCUT2D eigenvalue weighted by atomic mass is 32.3. The highest BCUT2D eigenvalue weighted by Gasteiger charge is 2.50. The summed E-state index contributed by atoms with van der Waals surface area (Å²) in [7, 11) is 1.64. The molecule has 9 atom stereocenters. The van der Waals surface area contributed by atoms with Crippen molar-refractivity contribution in [3.8, 4) is 17.2 Å². The molecule has 2 amide bonds. The Bertz CT molecular complexity index is 2210. The summed E-state index contributed by atoms with van der Waals surface area (Å²) in [5.74, 6) is -4.88. The number of fused-ring (bicyclic) bond motifs is 3. The fraction of sp³-hybridized carbons (Fsp3) is 0.545. The van der Waals surface area contributed by atoms with Gasteiger partial charge in [0.25, 0.3) is 0 Å². The summed E-state index contributed by atoms with van der Waals surface area (Å²) < 4.78 is 33.6.